The van der Waals surface area contributed by atoms with Gasteiger partial charge in [-0.05, 0) is 31.2 Å². The number of rotatable bonds is 4. The van der Waals surface area contributed by atoms with Crippen LogP contribution in [-0.2, 0) is 6.61 Å². The number of nitrogen functional groups attached to an aromatic ring is 1. The van der Waals surface area contributed by atoms with Crippen molar-refractivity contribution in [1.82, 2.24) is 15.0 Å². The first-order valence-corrected chi connectivity index (χ1v) is 6.24. The van der Waals surface area contributed by atoms with Crippen molar-refractivity contribution in [2.45, 2.75) is 33.3 Å². The minimum Gasteiger partial charge on any atom is -0.486 e. The molecule has 0 saturated heterocycles. The Morgan fingerprint density at radius 2 is 1.79 bits per heavy atom. The average molecular weight is 258 g/mol. The van der Waals surface area contributed by atoms with Crippen LogP contribution >= 0.6 is 0 Å². The van der Waals surface area contributed by atoms with E-state index >= 15 is 0 Å². The number of hydrogen-bond donors (Lipinski definition) is 1. The van der Waals surface area contributed by atoms with Crippen LogP contribution in [0, 0.1) is 6.92 Å². The van der Waals surface area contributed by atoms with Crippen molar-refractivity contribution < 1.29 is 4.74 Å². The van der Waals surface area contributed by atoms with Gasteiger partial charge in [0.25, 0.3) is 0 Å². The molecule has 100 valence electrons. The van der Waals surface area contributed by atoms with E-state index < -0.39 is 0 Å². The zero-order valence-corrected chi connectivity index (χ0v) is 11.4. The first-order valence-electron chi connectivity index (χ1n) is 6.24. The summed E-state index contributed by atoms with van der Waals surface area (Å²) in [6, 6.07) is 7.25. The minimum atomic E-state index is 0.275. The lowest BCUT2D eigenvalue weighted by molar-refractivity contribution is 0.294. The molecule has 1 aromatic carbocycles. The summed E-state index contributed by atoms with van der Waals surface area (Å²) in [7, 11) is 0. The quantitative estimate of drug-likeness (QED) is 0.853. The molecule has 0 aliphatic carbocycles. The number of nitrogens with two attached hydrogens (primary N) is 1. The summed E-state index contributed by atoms with van der Waals surface area (Å²) >= 11 is 0. The van der Waals surface area contributed by atoms with Crippen molar-refractivity contribution in [3.63, 3.8) is 0 Å². The molecule has 0 atom stereocenters. The summed E-state index contributed by atoms with van der Waals surface area (Å²) in [5.74, 6) is 3.18. The van der Waals surface area contributed by atoms with Gasteiger partial charge in [-0.1, -0.05) is 13.8 Å². The maximum absolute atomic E-state index is 5.63. The topological polar surface area (TPSA) is 73.9 Å². The second-order valence-electron chi connectivity index (χ2n) is 4.67. The fourth-order valence-electron chi connectivity index (χ4n) is 1.59. The normalized spacial score (nSPS) is 10.7. The Bertz CT molecular complexity index is 552. The number of ether oxygens (including phenoxy) is 1. The third-order valence-electron chi connectivity index (χ3n) is 2.58. The Kier molecular flexibility index (Phi) is 3.94. The van der Waals surface area contributed by atoms with Crippen molar-refractivity contribution >= 4 is 5.69 Å². The van der Waals surface area contributed by atoms with Crippen LogP contribution in [0.15, 0.2) is 24.3 Å². The molecule has 0 saturated carbocycles. The molecule has 0 bridgehead atoms. The third-order valence-corrected chi connectivity index (χ3v) is 2.58. The molecule has 0 amide bonds. The van der Waals surface area contributed by atoms with Crippen LogP contribution in [0.3, 0.4) is 0 Å². The fourth-order valence-corrected chi connectivity index (χ4v) is 1.59. The molecule has 0 unspecified atom stereocenters. The molecular formula is C14H18N4O. The van der Waals surface area contributed by atoms with Gasteiger partial charge in [0.05, 0.1) is 0 Å². The largest absolute Gasteiger partial charge is 0.486 e. The van der Waals surface area contributed by atoms with Crippen LogP contribution in [0.25, 0.3) is 0 Å². The Balaban J connectivity index is 2.08. The lowest BCUT2D eigenvalue weighted by Gasteiger charge is -2.09. The highest BCUT2D eigenvalue weighted by Gasteiger charge is 2.08. The van der Waals surface area contributed by atoms with Crippen molar-refractivity contribution in [2.24, 2.45) is 0 Å². The predicted octanol–water partition coefficient (Wildman–Crippen LogP) is 2.46. The number of nitrogens with zero attached hydrogens (tertiary/aromatic N) is 3. The second-order valence-corrected chi connectivity index (χ2v) is 4.67. The van der Waals surface area contributed by atoms with Crippen LogP contribution in [0.1, 0.15) is 37.2 Å². The zero-order valence-electron chi connectivity index (χ0n) is 11.4. The number of anilines is 1. The van der Waals surface area contributed by atoms with Gasteiger partial charge in [-0.3, -0.25) is 0 Å². The zero-order chi connectivity index (χ0) is 13.8. The molecule has 0 spiro atoms. The van der Waals surface area contributed by atoms with Crippen LogP contribution < -0.4 is 10.5 Å². The van der Waals surface area contributed by atoms with E-state index in [1.807, 2.05) is 19.1 Å². The Labute approximate surface area is 112 Å². The monoisotopic (exact) mass is 258 g/mol. The first kappa shape index (κ1) is 13.3. The molecule has 2 rings (SSSR count). The fraction of sp³-hybridized carbons (Fsp3) is 0.357. The van der Waals surface area contributed by atoms with E-state index in [-0.39, 0.29) is 5.92 Å². The third kappa shape index (κ3) is 3.64. The van der Waals surface area contributed by atoms with Crippen LogP contribution in [0.2, 0.25) is 0 Å². The summed E-state index contributed by atoms with van der Waals surface area (Å²) in [6.07, 6.45) is 0. The predicted molar refractivity (Wildman–Crippen MR) is 73.8 cm³/mol. The number of aryl methyl sites for hydroxylation is 1. The minimum absolute atomic E-state index is 0.275. The van der Waals surface area contributed by atoms with Gasteiger partial charge in [-0.2, -0.15) is 0 Å². The van der Waals surface area contributed by atoms with Gasteiger partial charge in [-0.25, -0.2) is 15.0 Å². The van der Waals surface area contributed by atoms with Crippen LogP contribution in [-0.4, -0.2) is 15.0 Å². The highest BCUT2D eigenvalue weighted by Crippen LogP contribution is 2.15. The molecule has 0 fully saturated rings. The second kappa shape index (κ2) is 5.65. The summed E-state index contributed by atoms with van der Waals surface area (Å²) < 4.78 is 5.63. The van der Waals surface area contributed by atoms with E-state index in [0.29, 0.717) is 18.1 Å². The van der Waals surface area contributed by atoms with Gasteiger partial charge >= 0.3 is 0 Å². The number of aromatic nitrogens is 3. The lowest BCUT2D eigenvalue weighted by atomic mass is 10.2. The summed E-state index contributed by atoms with van der Waals surface area (Å²) in [6.45, 7) is 6.30. The van der Waals surface area contributed by atoms with Crippen molar-refractivity contribution in [3.8, 4) is 5.75 Å². The van der Waals surface area contributed by atoms with Gasteiger partial charge in [0.15, 0.2) is 5.82 Å². The van der Waals surface area contributed by atoms with E-state index in [2.05, 4.69) is 28.8 Å². The maximum Gasteiger partial charge on any atom is 0.170 e. The van der Waals surface area contributed by atoms with Gasteiger partial charge in [0.1, 0.15) is 24.0 Å². The number of hydrogen-bond acceptors (Lipinski definition) is 5. The summed E-state index contributed by atoms with van der Waals surface area (Å²) in [5.41, 5.74) is 6.33. The Hall–Kier alpha value is -2.17. The highest BCUT2D eigenvalue weighted by atomic mass is 16.5. The van der Waals surface area contributed by atoms with Crippen molar-refractivity contribution in [2.75, 3.05) is 5.73 Å². The highest BCUT2D eigenvalue weighted by molar-refractivity contribution is 5.41. The summed E-state index contributed by atoms with van der Waals surface area (Å²) in [5, 5.41) is 0. The van der Waals surface area contributed by atoms with Gasteiger partial charge in [0, 0.05) is 11.6 Å². The Morgan fingerprint density at radius 1 is 1.11 bits per heavy atom. The molecular weight excluding hydrogens is 240 g/mol. The lowest BCUT2D eigenvalue weighted by Crippen LogP contribution is -2.09. The molecule has 0 radical (unpaired) electrons. The van der Waals surface area contributed by atoms with Crippen molar-refractivity contribution in [3.05, 3.63) is 41.7 Å². The van der Waals surface area contributed by atoms with Crippen LogP contribution in [0.5, 0.6) is 5.75 Å². The molecule has 1 heterocycles. The van der Waals surface area contributed by atoms with E-state index in [4.69, 9.17) is 10.5 Å². The standard InChI is InChI=1S/C14H18N4O/c1-9(2)14-17-10(3)16-13(18-14)8-19-12-6-4-11(15)5-7-12/h4-7,9H,8,15H2,1-3H3. The average Bonchev–Trinajstić information content (AvgIpc) is 2.37. The van der Waals surface area contributed by atoms with Crippen molar-refractivity contribution in [1.29, 1.82) is 0 Å². The van der Waals surface area contributed by atoms with E-state index in [9.17, 15) is 0 Å². The maximum atomic E-state index is 5.63. The summed E-state index contributed by atoms with van der Waals surface area (Å²) in [4.78, 5) is 13.0. The molecule has 0 aliphatic rings. The molecule has 1 aromatic heterocycles. The molecule has 5 nitrogen and oxygen atoms in total. The molecule has 2 N–H and O–H groups in total. The Morgan fingerprint density at radius 3 is 2.42 bits per heavy atom. The molecule has 0 aliphatic heterocycles. The van der Waals surface area contributed by atoms with E-state index in [1.165, 1.54) is 0 Å². The smallest absolute Gasteiger partial charge is 0.170 e. The SMILES string of the molecule is Cc1nc(COc2ccc(N)cc2)nc(C(C)C)n1. The van der Waals surface area contributed by atoms with Gasteiger partial charge in [0.2, 0.25) is 0 Å². The molecule has 19 heavy (non-hydrogen) atoms. The van der Waals surface area contributed by atoms with E-state index in [1.54, 1.807) is 12.1 Å². The molecule has 2 aromatic rings. The molecule has 5 heteroatoms. The number of benzene rings is 1. The first-order chi connectivity index (χ1) is 9.04. The van der Waals surface area contributed by atoms with Gasteiger partial charge < -0.3 is 10.5 Å². The van der Waals surface area contributed by atoms with Crippen LogP contribution in [0.4, 0.5) is 5.69 Å². The van der Waals surface area contributed by atoms with Gasteiger partial charge in [-0.15, -0.1) is 0 Å². The van der Waals surface area contributed by atoms with E-state index in [0.717, 1.165) is 17.4 Å².